The Labute approximate surface area is 188 Å². The second-order valence-electron chi connectivity index (χ2n) is 7.54. The van der Waals surface area contributed by atoms with Crippen molar-refractivity contribution in [1.29, 1.82) is 0 Å². The van der Waals surface area contributed by atoms with Gasteiger partial charge in [0.25, 0.3) is 5.56 Å². The summed E-state index contributed by atoms with van der Waals surface area (Å²) in [6, 6.07) is 0. The number of aromatic nitrogens is 2. The number of ketones is 2. The second-order valence-corrected chi connectivity index (χ2v) is 7.54. The number of aromatic amines is 1. The van der Waals surface area contributed by atoms with Crippen molar-refractivity contribution in [3.05, 3.63) is 32.6 Å². The van der Waals surface area contributed by atoms with Crippen LogP contribution in [-0.4, -0.2) is 65.0 Å². The molecule has 2 rings (SSSR count). The molecule has 182 valence electrons. The quantitative estimate of drug-likeness (QED) is 0.292. The van der Waals surface area contributed by atoms with Crippen LogP contribution >= 0.6 is 0 Å². The van der Waals surface area contributed by atoms with Crippen LogP contribution in [-0.2, 0) is 33.4 Å². The first-order chi connectivity index (χ1) is 15.6. The predicted molar refractivity (Wildman–Crippen MR) is 112 cm³/mol. The minimum absolute atomic E-state index is 0.0375. The number of rotatable bonds is 12. The SMILES string of the molecule is Cc1cn([C@H]2C[C@@H](OC(=O)CCC(=O)CN)[C@@H](COC(=O)CCC(=O)CN)O2)c(=O)[nH]c1=O. The third-order valence-corrected chi connectivity index (χ3v) is 5.00. The molecule has 0 unspecified atom stereocenters. The molecule has 0 amide bonds. The molecule has 2 heterocycles. The molecule has 0 saturated carbocycles. The highest BCUT2D eigenvalue weighted by Gasteiger charge is 2.40. The van der Waals surface area contributed by atoms with Crippen LogP contribution < -0.4 is 22.7 Å². The van der Waals surface area contributed by atoms with Gasteiger partial charge in [-0.15, -0.1) is 0 Å². The van der Waals surface area contributed by atoms with E-state index in [2.05, 4.69) is 4.98 Å². The average Bonchev–Trinajstić information content (AvgIpc) is 3.18. The standard InChI is InChI=1S/C20H28N4O9/c1-11-9-24(20(30)23-19(11)29)16-6-14(33-18(28)5-3-13(26)8-22)15(32-16)10-31-17(27)4-2-12(25)7-21/h9,14-16H,2-8,10,21-22H2,1H3,(H,23,29,30)/t14-,15-,16-/m1/s1. The number of carbonyl (C=O) groups excluding carboxylic acids is 4. The molecule has 1 aromatic heterocycles. The van der Waals surface area contributed by atoms with Crippen molar-refractivity contribution >= 4 is 23.5 Å². The fourth-order valence-corrected chi connectivity index (χ4v) is 3.11. The molecule has 3 atom stereocenters. The Bertz CT molecular complexity index is 1000. The van der Waals surface area contributed by atoms with E-state index in [1.807, 2.05) is 0 Å². The van der Waals surface area contributed by atoms with Crippen molar-refractivity contribution in [2.45, 2.75) is 57.5 Å². The molecule has 1 aromatic rings. The van der Waals surface area contributed by atoms with Crippen molar-refractivity contribution in [3.8, 4) is 0 Å². The Morgan fingerprint density at radius 2 is 1.67 bits per heavy atom. The van der Waals surface area contributed by atoms with E-state index in [4.69, 9.17) is 25.7 Å². The minimum atomic E-state index is -0.919. The van der Waals surface area contributed by atoms with Crippen molar-refractivity contribution in [2.75, 3.05) is 19.7 Å². The number of H-pyrrole nitrogens is 1. The highest BCUT2D eigenvalue weighted by molar-refractivity contribution is 5.84. The molecule has 0 spiro atoms. The summed E-state index contributed by atoms with van der Waals surface area (Å²) in [5.41, 5.74) is 9.44. The lowest BCUT2D eigenvalue weighted by atomic mass is 10.1. The van der Waals surface area contributed by atoms with Crippen LogP contribution in [0.15, 0.2) is 15.8 Å². The van der Waals surface area contributed by atoms with Crippen LogP contribution in [0.1, 0.15) is 43.9 Å². The maximum absolute atomic E-state index is 12.2. The van der Waals surface area contributed by atoms with Crippen molar-refractivity contribution in [2.24, 2.45) is 11.5 Å². The van der Waals surface area contributed by atoms with Gasteiger partial charge in [-0.05, 0) is 6.92 Å². The zero-order valence-corrected chi connectivity index (χ0v) is 18.2. The molecule has 33 heavy (non-hydrogen) atoms. The number of nitrogens with zero attached hydrogens (tertiary/aromatic N) is 1. The molecular weight excluding hydrogens is 440 g/mol. The number of Topliss-reactive ketones (excluding diaryl/α,β-unsaturated/α-hetero) is 2. The molecule has 0 aromatic carbocycles. The number of ether oxygens (including phenoxy) is 3. The largest absolute Gasteiger partial charge is 0.463 e. The van der Waals surface area contributed by atoms with Gasteiger partial charge in [0.05, 0.1) is 25.9 Å². The Morgan fingerprint density at radius 1 is 1.06 bits per heavy atom. The molecule has 1 aliphatic heterocycles. The molecule has 1 fully saturated rings. The van der Waals surface area contributed by atoms with Gasteiger partial charge in [0.15, 0.2) is 0 Å². The highest BCUT2D eigenvalue weighted by Crippen LogP contribution is 2.30. The van der Waals surface area contributed by atoms with Gasteiger partial charge >= 0.3 is 17.6 Å². The minimum Gasteiger partial charge on any atom is -0.463 e. The normalized spacial score (nSPS) is 19.8. The van der Waals surface area contributed by atoms with Crippen LogP contribution in [0.3, 0.4) is 0 Å². The van der Waals surface area contributed by atoms with E-state index in [9.17, 15) is 28.8 Å². The van der Waals surface area contributed by atoms with Crippen molar-refractivity contribution < 1.29 is 33.4 Å². The number of carbonyl (C=O) groups is 4. The van der Waals surface area contributed by atoms with Crippen LogP contribution in [0.25, 0.3) is 0 Å². The fourth-order valence-electron chi connectivity index (χ4n) is 3.11. The van der Waals surface area contributed by atoms with E-state index in [0.29, 0.717) is 0 Å². The average molecular weight is 468 g/mol. The van der Waals surface area contributed by atoms with E-state index < -0.39 is 41.6 Å². The summed E-state index contributed by atoms with van der Waals surface area (Å²) >= 11 is 0. The van der Waals surface area contributed by atoms with Crippen LogP contribution in [0, 0.1) is 6.92 Å². The van der Waals surface area contributed by atoms with Gasteiger partial charge in [0.1, 0.15) is 36.6 Å². The van der Waals surface area contributed by atoms with Crippen LogP contribution in [0.2, 0.25) is 0 Å². The van der Waals surface area contributed by atoms with Gasteiger partial charge in [-0.2, -0.15) is 0 Å². The summed E-state index contributed by atoms with van der Waals surface area (Å²) < 4.78 is 17.5. The second kappa shape index (κ2) is 12.2. The number of hydrogen-bond acceptors (Lipinski definition) is 11. The van der Waals surface area contributed by atoms with E-state index in [-0.39, 0.29) is 68.9 Å². The first-order valence-corrected chi connectivity index (χ1v) is 10.4. The summed E-state index contributed by atoms with van der Waals surface area (Å²) in [5, 5.41) is 0. The van der Waals surface area contributed by atoms with Crippen LogP contribution in [0.5, 0.6) is 0 Å². The number of nitrogens with two attached hydrogens (primary N) is 2. The smallest absolute Gasteiger partial charge is 0.330 e. The van der Waals surface area contributed by atoms with Gasteiger partial charge in [-0.25, -0.2) is 4.79 Å². The molecule has 13 nitrogen and oxygen atoms in total. The molecule has 0 radical (unpaired) electrons. The number of nitrogens with one attached hydrogen (secondary N) is 1. The number of aryl methyl sites for hydroxylation is 1. The summed E-state index contributed by atoms with van der Waals surface area (Å²) in [6.07, 6.45) is -1.88. The van der Waals surface area contributed by atoms with Gasteiger partial charge < -0.3 is 25.7 Å². The number of hydrogen-bond donors (Lipinski definition) is 3. The summed E-state index contributed by atoms with van der Waals surface area (Å²) in [4.78, 5) is 72.7. The maximum atomic E-state index is 12.2. The fraction of sp³-hybridized carbons (Fsp3) is 0.600. The van der Waals surface area contributed by atoms with Crippen molar-refractivity contribution in [1.82, 2.24) is 9.55 Å². The molecule has 5 N–H and O–H groups in total. The lowest BCUT2D eigenvalue weighted by Crippen LogP contribution is -2.33. The Morgan fingerprint density at radius 3 is 2.27 bits per heavy atom. The third kappa shape index (κ3) is 7.73. The zero-order chi connectivity index (χ0) is 24.5. The Kier molecular flexibility index (Phi) is 9.63. The Balaban J connectivity index is 2.09. The molecule has 13 heteroatoms. The van der Waals surface area contributed by atoms with E-state index in [1.54, 1.807) is 0 Å². The first kappa shape index (κ1) is 26.1. The predicted octanol–water partition coefficient (Wildman–Crippen LogP) is -1.80. The lowest BCUT2D eigenvalue weighted by molar-refractivity contribution is -0.159. The molecule has 1 saturated heterocycles. The van der Waals surface area contributed by atoms with Gasteiger partial charge in [0.2, 0.25) is 0 Å². The van der Waals surface area contributed by atoms with E-state index in [1.165, 1.54) is 13.1 Å². The highest BCUT2D eigenvalue weighted by atomic mass is 16.6. The third-order valence-electron chi connectivity index (χ3n) is 5.00. The number of esters is 2. The van der Waals surface area contributed by atoms with Crippen LogP contribution in [0.4, 0.5) is 0 Å². The maximum Gasteiger partial charge on any atom is 0.330 e. The van der Waals surface area contributed by atoms with Gasteiger partial charge in [0, 0.05) is 31.0 Å². The summed E-state index contributed by atoms with van der Waals surface area (Å²) in [6.45, 7) is 0.834. The van der Waals surface area contributed by atoms with Crippen molar-refractivity contribution in [3.63, 3.8) is 0 Å². The zero-order valence-electron chi connectivity index (χ0n) is 18.2. The van der Waals surface area contributed by atoms with Gasteiger partial charge in [-0.3, -0.25) is 33.5 Å². The monoisotopic (exact) mass is 468 g/mol. The summed E-state index contributed by atoms with van der Waals surface area (Å²) in [7, 11) is 0. The molecule has 1 aliphatic rings. The van der Waals surface area contributed by atoms with Gasteiger partial charge in [-0.1, -0.05) is 0 Å². The first-order valence-electron chi connectivity index (χ1n) is 10.4. The Hall–Kier alpha value is -3.16. The van der Waals surface area contributed by atoms with E-state index in [0.717, 1.165) is 4.57 Å². The lowest BCUT2D eigenvalue weighted by Gasteiger charge is -2.19. The topological polar surface area (TPSA) is 203 Å². The molecule has 0 aliphatic carbocycles. The summed E-state index contributed by atoms with van der Waals surface area (Å²) in [5.74, 6) is -1.95. The molecule has 0 bridgehead atoms. The molecular formula is C20H28N4O9. The van der Waals surface area contributed by atoms with E-state index >= 15 is 0 Å².